The number of benzene rings is 2. The lowest BCUT2D eigenvalue weighted by molar-refractivity contribution is -0.235. The van der Waals surface area contributed by atoms with Gasteiger partial charge in [-0.2, -0.15) is 0 Å². The highest BCUT2D eigenvalue weighted by Crippen LogP contribution is 2.57. The third-order valence-electron chi connectivity index (χ3n) is 7.59. The Morgan fingerprint density at radius 2 is 1.83 bits per heavy atom. The fourth-order valence-corrected chi connectivity index (χ4v) is 6.07. The van der Waals surface area contributed by atoms with Gasteiger partial charge in [0.05, 0.1) is 18.6 Å². The molecule has 0 bridgehead atoms. The van der Waals surface area contributed by atoms with Gasteiger partial charge in [0, 0.05) is 18.8 Å². The molecule has 2 saturated carbocycles. The Morgan fingerprint density at radius 3 is 2.63 bits per heavy atom. The van der Waals surface area contributed by atoms with Gasteiger partial charge in [0.25, 0.3) is 0 Å². The lowest BCUT2D eigenvalue weighted by Crippen LogP contribution is -2.59. The molecule has 0 unspecified atom stereocenters. The molecule has 3 atom stereocenters. The molecule has 0 N–H and O–H groups in total. The molecule has 1 heterocycles. The minimum Gasteiger partial charge on any atom is -0.489 e. The lowest BCUT2D eigenvalue weighted by atomic mass is 9.51. The SMILES string of the molecule is C[C@H]1[C@@H]2CCCC(=O)[C@@]2(c2cccc(OCc3ccccc3)c2)CCC12OCCO2. The van der Waals surface area contributed by atoms with Gasteiger partial charge < -0.3 is 14.2 Å². The van der Waals surface area contributed by atoms with Crippen molar-refractivity contribution in [3.63, 3.8) is 0 Å². The van der Waals surface area contributed by atoms with E-state index in [2.05, 4.69) is 31.2 Å². The van der Waals surface area contributed by atoms with E-state index in [4.69, 9.17) is 14.2 Å². The smallest absolute Gasteiger partial charge is 0.171 e. The molecule has 3 aliphatic rings. The molecule has 1 spiro atoms. The zero-order valence-corrected chi connectivity index (χ0v) is 17.6. The number of ether oxygens (including phenoxy) is 3. The third-order valence-corrected chi connectivity index (χ3v) is 7.59. The monoisotopic (exact) mass is 406 g/mol. The van der Waals surface area contributed by atoms with E-state index < -0.39 is 11.2 Å². The number of carbonyl (C=O) groups is 1. The van der Waals surface area contributed by atoms with E-state index in [0.29, 0.717) is 32.0 Å². The fraction of sp³-hybridized carbons (Fsp3) is 0.500. The van der Waals surface area contributed by atoms with Gasteiger partial charge in [0.2, 0.25) is 0 Å². The summed E-state index contributed by atoms with van der Waals surface area (Å²) in [6.45, 7) is 4.05. The van der Waals surface area contributed by atoms with Crippen molar-refractivity contribution < 1.29 is 19.0 Å². The average Bonchev–Trinajstić information content (AvgIpc) is 3.26. The van der Waals surface area contributed by atoms with Crippen molar-refractivity contribution in [2.75, 3.05) is 13.2 Å². The van der Waals surface area contributed by atoms with Crippen LogP contribution in [-0.4, -0.2) is 24.8 Å². The quantitative estimate of drug-likeness (QED) is 0.713. The molecule has 1 saturated heterocycles. The first-order chi connectivity index (χ1) is 14.6. The highest BCUT2D eigenvalue weighted by molar-refractivity contribution is 5.91. The Kier molecular flexibility index (Phi) is 5.16. The molecule has 1 aliphatic heterocycles. The second-order valence-electron chi connectivity index (χ2n) is 8.99. The Labute approximate surface area is 178 Å². The summed E-state index contributed by atoms with van der Waals surface area (Å²) in [6.07, 6.45) is 4.20. The topological polar surface area (TPSA) is 44.8 Å². The summed E-state index contributed by atoms with van der Waals surface area (Å²) >= 11 is 0. The second-order valence-corrected chi connectivity index (χ2v) is 8.99. The summed E-state index contributed by atoms with van der Waals surface area (Å²) in [4.78, 5) is 13.5. The van der Waals surface area contributed by atoms with E-state index >= 15 is 0 Å². The summed E-state index contributed by atoms with van der Waals surface area (Å²) in [5, 5.41) is 0. The molecule has 2 aromatic carbocycles. The van der Waals surface area contributed by atoms with Crippen molar-refractivity contribution in [3.8, 4) is 5.75 Å². The van der Waals surface area contributed by atoms with Gasteiger partial charge in [-0.3, -0.25) is 4.79 Å². The van der Waals surface area contributed by atoms with E-state index in [9.17, 15) is 4.79 Å². The first kappa shape index (κ1) is 19.8. The number of fused-ring (bicyclic) bond motifs is 1. The minimum absolute atomic E-state index is 0.187. The predicted molar refractivity (Wildman–Crippen MR) is 114 cm³/mol. The van der Waals surface area contributed by atoms with Crippen molar-refractivity contribution in [2.45, 2.75) is 56.8 Å². The van der Waals surface area contributed by atoms with Crippen LogP contribution < -0.4 is 4.74 Å². The Morgan fingerprint density at radius 1 is 1.03 bits per heavy atom. The highest BCUT2D eigenvalue weighted by atomic mass is 16.7. The summed E-state index contributed by atoms with van der Waals surface area (Å²) in [6, 6.07) is 18.4. The van der Waals surface area contributed by atoms with Gasteiger partial charge in [-0.05, 0) is 48.4 Å². The number of hydrogen-bond acceptors (Lipinski definition) is 4. The molecule has 5 rings (SSSR count). The molecule has 0 aromatic heterocycles. The highest BCUT2D eigenvalue weighted by Gasteiger charge is 2.60. The van der Waals surface area contributed by atoms with Crippen LogP contribution in [0, 0.1) is 11.8 Å². The summed E-state index contributed by atoms with van der Waals surface area (Å²) in [5.41, 5.74) is 1.78. The van der Waals surface area contributed by atoms with Gasteiger partial charge in [-0.25, -0.2) is 0 Å². The molecule has 0 amide bonds. The number of hydrogen-bond donors (Lipinski definition) is 0. The average molecular weight is 407 g/mol. The second kappa shape index (κ2) is 7.82. The maximum absolute atomic E-state index is 13.5. The molecule has 0 radical (unpaired) electrons. The van der Waals surface area contributed by atoms with Crippen molar-refractivity contribution in [2.24, 2.45) is 11.8 Å². The van der Waals surface area contributed by atoms with Gasteiger partial charge in [-0.15, -0.1) is 0 Å². The van der Waals surface area contributed by atoms with E-state index in [-0.39, 0.29) is 11.8 Å². The van der Waals surface area contributed by atoms with E-state index in [0.717, 1.165) is 42.6 Å². The van der Waals surface area contributed by atoms with Crippen molar-refractivity contribution in [3.05, 3.63) is 65.7 Å². The van der Waals surface area contributed by atoms with Crippen LogP contribution in [0.3, 0.4) is 0 Å². The Bertz CT molecular complexity index is 902. The van der Waals surface area contributed by atoms with Gasteiger partial charge >= 0.3 is 0 Å². The molecule has 30 heavy (non-hydrogen) atoms. The fourth-order valence-electron chi connectivity index (χ4n) is 6.07. The summed E-state index contributed by atoms with van der Waals surface area (Å²) in [5.74, 6) is 1.11. The van der Waals surface area contributed by atoms with Crippen LogP contribution in [0.15, 0.2) is 54.6 Å². The summed E-state index contributed by atoms with van der Waals surface area (Å²) in [7, 11) is 0. The molecule has 2 aliphatic carbocycles. The number of rotatable bonds is 4. The Hall–Kier alpha value is -2.17. The predicted octanol–water partition coefficient (Wildman–Crippen LogP) is 5.05. The number of carbonyl (C=O) groups excluding carboxylic acids is 1. The third kappa shape index (κ3) is 3.17. The first-order valence-electron chi connectivity index (χ1n) is 11.2. The molecule has 158 valence electrons. The van der Waals surface area contributed by atoms with E-state index in [1.165, 1.54) is 0 Å². The summed E-state index contributed by atoms with van der Waals surface area (Å²) < 4.78 is 18.3. The Balaban J connectivity index is 1.45. The zero-order valence-electron chi connectivity index (χ0n) is 17.6. The molecular formula is C26H30O4. The van der Waals surface area contributed by atoms with Crippen molar-refractivity contribution in [1.82, 2.24) is 0 Å². The maximum Gasteiger partial charge on any atom is 0.171 e. The van der Waals surface area contributed by atoms with Crippen LogP contribution in [0.1, 0.15) is 50.2 Å². The number of ketones is 1. The number of Topliss-reactive ketones (excluding diaryl/α,β-unsaturated/α-hetero) is 1. The van der Waals surface area contributed by atoms with Gasteiger partial charge in [-0.1, -0.05) is 49.4 Å². The lowest BCUT2D eigenvalue weighted by Gasteiger charge is -2.54. The van der Waals surface area contributed by atoms with Crippen LogP contribution in [0.5, 0.6) is 5.75 Å². The maximum atomic E-state index is 13.5. The van der Waals surface area contributed by atoms with Gasteiger partial charge in [0.15, 0.2) is 5.79 Å². The van der Waals surface area contributed by atoms with E-state index in [1.807, 2.05) is 30.3 Å². The van der Waals surface area contributed by atoms with Crippen LogP contribution in [0.25, 0.3) is 0 Å². The van der Waals surface area contributed by atoms with Crippen molar-refractivity contribution in [1.29, 1.82) is 0 Å². The van der Waals surface area contributed by atoms with Crippen molar-refractivity contribution >= 4 is 5.78 Å². The normalized spacial score (nSPS) is 30.2. The minimum atomic E-state index is -0.507. The molecule has 3 fully saturated rings. The first-order valence-corrected chi connectivity index (χ1v) is 11.2. The zero-order chi connectivity index (χ0) is 20.6. The van der Waals surface area contributed by atoms with Gasteiger partial charge in [0.1, 0.15) is 18.1 Å². The largest absolute Gasteiger partial charge is 0.489 e. The van der Waals surface area contributed by atoms with Crippen LogP contribution >= 0.6 is 0 Å². The molecular weight excluding hydrogens is 376 g/mol. The van der Waals surface area contributed by atoms with Crippen LogP contribution in [-0.2, 0) is 26.3 Å². The molecule has 4 heteroatoms. The molecule has 2 aromatic rings. The van der Waals surface area contributed by atoms with Crippen LogP contribution in [0.4, 0.5) is 0 Å². The van der Waals surface area contributed by atoms with Crippen LogP contribution in [0.2, 0.25) is 0 Å². The standard InChI is InChI=1S/C26H30O4/c1-19-23-11-6-12-24(27)25(23,13-14-26(19)29-15-16-30-26)21-9-5-10-22(17-21)28-18-20-7-3-2-4-8-20/h2-5,7-10,17,19,23H,6,11-16,18H2,1H3/t19-,23-,25+/m0/s1. The molecule has 4 nitrogen and oxygen atoms in total. The van der Waals surface area contributed by atoms with E-state index in [1.54, 1.807) is 0 Å².